The van der Waals surface area contributed by atoms with Crippen LogP contribution in [0.5, 0.6) is 5.75 Å². The largest absolute Gasteiger partial charge is 0.494 e. The van der Waals surface area contributed by atoms with Gasteiger partial charge in [0, 0.05) is 35.7 Å². The van der Waals surface area contributed by atoms with E-state index in [9.17, 15) is 9.59 Å². The van der Waals surface area contributed by atoms with Crippen LogP contribution in [-0.2, 0) is 9.59 Å². The van der Waals surface area contributed by atoms with Gasteiger partial charge in [-0.1, -0.05) is 46.8 Å². The molecule has 1 fully saturated rings. The molecule has 2 atom stereocenters. The molecule has 1 unspecified atom stereocenters. The summed E-state index contributed by atoms with van der Waals surface area (Å²) in [6, 6.07) is 7.99. The van der Waals surface area contributed by atoms with Crippen LogP contribution in [0.15, 0.2) is 40.5 Å². The Balaban J connectivity index is 1.80. The van der Waals surface area contributed by atoms with E-state index in [1.165, 1.54) is 0 Å². The average Bonchev–Trinajstić information content (AvgIpc) is 2.63. The standard InChI is InChI=1S/C26H33NO3/c1-6-11-30-17-9-7-16(8-10-17)22-23-18(12-25(2,3)14-20(23)28)27-19-13-26(4,5)15-21(29)24(19)22/h7-10,22-23H,6,11-15H2,1-5H3/t22-,23?/m1/s1. The van der Waals surface area contributed by atoms with Crippen molar-refractivity contribution in [3.8, 4) is 5.75 Å². The highest BCUT2D eigenvalue weighted by molar-refractivity contribution is 6.13. The van der Waals surface area contributed by atoms with Crippen LogP contribution in [0, 0.1) is 16.7 Å². The van der Waals surface area contributed by atoms with Gasteiger partial charge in [-0.2, -0.15) is 0 Å². The number of rotatable bonds is 4. The van der Waals surface area contributed by atoms with Crippen LogP contribution in [0.4, 0.5) is 0 Å². The summed E-state index contributed by atoms with van der Waals surface area (Å²) in [5.74, 6) is 0.652. The Morgan fingerprint density at radius 3 is 2.27 bits per heavy atom. The second-order valence-corrected chi connectivity index (χ2v) is 10.8. The molecule has 4 nitrogen and oxygen atoms in total. The average molecular weight is 408 g/mol. The van der Waals surface area contributed by atoms with E-state index in [-0.39, 0.29) is 34.2 Å². The first kappa shape index (κ1) is 21.0. The van der Waals surface area contributed by atoms with E-state index >= 15 is 0 Å². The molecular formula is C26H33NO3. The number of Topliss-reactive ketones (excluding diaryl/α,β-unsaturated/α-hetero) is 2. The molecule has 1 saturated carbocycles. The molecule has 1 heterocycles. The minimum absolute atomic E-state index is 0.0823. The Kier molecular flexibility index (Phi) is 5.24. The van der Waals surface area contributed by atoms with Crippen LogP contribution in [0.25, 0.3) is 0 Å². The number of nitrogens with zero attached hydrogens (tertiary/aromatic N) is 1. The molecule has 0 amide bonds. The zero-order valence-electron chi connectivity index (χ0n) is 18.9. The van der Waals surface area contributed by atoms with Crippen molar-refractivity contribution in [2.45, 2.75) is 72.6 Å². The molecule has 1 aromatic carbocycles. The van der Waals surface area contributed by atoms with Crippen LogP contribution in [0.2, 0.25) is 0 Å². The lowest BCUT2D eigenvalue weighted by Gasteiger charge is -2.44. The summed E-state index contributed by atoms with van der Waals surface area (Å²) < 4.78 is 5.74. The highest BCUT2D eigenvalue weighted by atomic mass is 16.5. The van der Waals surface area contributed by atoms with Crippen LogP contribution in [0.1, 0.15) is 78.2 Å². The zero-order valence-corrected chi connectivity index (χ0v) is 18.9. The predicted molar refractivity (Wildman–Crippen MR) is 119 cm³/mol. The van der Waals surface area contributed by atoms with Gasteiger partial charge in [0.05, 0.1) is 12.5 Å². The SMILES string of the molecule is CCCOc1ccc([C@H]2C3=C(CC(C)(C)CC3=O)N=C3CC(C)(C)CC(=O)C32)cc1. The maximum atomic E-state index is 13.3. The van der Waals surface area contributed by atoms with Crippen LogP contribution >= 0.6 is 0 Å². The van der Waals surface area contributed by atoms with Crippen LogP contribution in [-0.4, -0.2) is 23.9 Å². The lowest BCUT2D eigenvalue weighted by molar-refractivity contribution is -0.124. The van der Waals surface area contributed by atoms with Gasteiger partial charge in [0.1, 0.15) is 11.5 Å². The number of carbonyl (C=O) groups is 2. The Labute approximate surface area is 179 Å². The molecular weight excluding hydrogens is 374 g/mol. The van der Waals surface area contributed by atoms with Crippen molar-refractivity contribution < 1.29 is 14.3 Å². The van der Waals surface area contributed by atoms with E-state index in [0.29, 0.717) is 19.4 Å². The number of ketones is 2. The van der Waals surface area contributed by atoms with Gasteiger partial charge < -0.3 is 4.74 Å². The molecule has 3 aliphatic rings. The van der Waals surface area contributed by atoms with Crippen molar-refractivity contribution in [3.63, 3.8) is 0 Å². The van der Waals surface area contributed by atoms with E-state index in [1.807, 2.05) is 24.3 Å². The molecule has 0 spiro atoms. The maximum absolute atomic E-state index is 13.3. The van der Waals surface area contributed by atoms with Gasteiger partial charge in [-0.15, -0.1) is 0 Å². The van der Waals surface area contributed by atoms with Crippen molar-refractivity contribution in [2.24, 2.45) is 21.7 Å². The predicted octanol–water partition coefficient (Wildman–Crippen LogP) is 5.66. The number of ether oxygens (including phenoxy) is 1. The topological polar surface area (TPSA) is 55.7 Å². The third kappa shape index (κ3) is 3.89. The lowest BCUT2D eigenvalue weighted by atomic mass is 9.60. The number of allylic oxidation sites excluding steroid dienone is 2. The minimum Gasteiger partial charge on any atom is -0.494 e. The van der Waals surface area contributed by atoms with Gasteiger partial charge in [0.25, 0.3) is 0 Å². The summed E-state index contributed by atoms with van der Waals surface area (Å²) in [5, 5.41) is 0. The van der Waals surface area contributed by atoms with Crippen molar-refractivity contribution in [2.75, 3.05) is 6.61 Å². The van der Waals surface area contributed by atoms with Gasteiger partial charge in [-0.25, -0.2) is 0 Å². The van der Waals surface area contributed by atoms with Crippen molar-refractivity contribution in [1.82, 2.24) is 0 Å². The molecule has 2 aliphatic carbocycles. The van der Waals surface area contributed by atoms with Gasteiger partial charge in [0.2, 0.25) is 0 Å². The first-order valence-corrected chi connectivity index (χ1v) is 11.2. The highest BCUT2D eigenvalue weighted by Gasteiger charge is 2.49. The quantitative estimate of drug-likeness (QED) is 0.647. The van der Waals surface area contributed by atoms with E-state index in [2.05, 4.69) is 34.6 Å². The molecule has 4 heteroatoms. The second-order valence-electron chi connectivity index (χ2n) is 10.8. The fourth-order valence-electron chi connectivity index (χ4n) is 5.36. The number of carbonyl (C=O) groups excluding carboxylic acids is 2. The summed E-state index contributed by atoms with van der Waals surface area (Å²) >= 11 is 0. The molecule has 0 saturated heterocycles. The minimum atomic E-state index is -0.315. The lowest BCUT2D eigenvalue weighted by Crippen LogP contribution is -2.45. The van der Waals surface area contributed by atoms with E-state index < -0.39 is 0 Å². The first-order valence-electron chi connectivity index (χ1n) is 11.2. The third-order valence-electron chi connectivity index (χ3n) is 6.55. The summed E-state index contributed by atoms with van der Waals surface area (Å²) in [4.78, 5) is 31.6. The van der Waals surface area contributed by atoms with Gasteiger partial charge in [0.15, 0.2) is 5.78 Å². The van der Waals surface area contributed by atoms with Crippen LogP contribution < -0.4 is 4.74 Å². The van der Waals surface area contributed by atoms with E-state index in [4.69, 9.17) is 9.73 Å². The normalized spacial score (nSPS) is 27.3. The smallest absolute Gasteiger partial charge is 0.161 e. The Morgan fingerprint density at radius 1 is 0.933 bits per heavy atom. The molecule has 4 rings (SSSR count). The van der Waals surface area contributed by atoms with Crippen molar-refractivity contribution in [3.05, 3.63) is 41.1 Å². The van der Waals surface area contributed by atoms with E-state index in [0.717, 1.165) is 47.6 Å². The number of fused-ring (bicyclic) bond motifs is 1. The first-order chi connectivity index (χ1) is 14.1. The van der Waals surface area contributed by atoms with Gasteiger partial charge in [-0.3, -0.25) is 14.6 Å². The fraction of sp³-hybridized carbons (Fsp3) is 0.577. The Hall–Kier alpha value is -2.23. The summed E-state index contributed by atoms with van der Waals surface area (Å²) in [7, 11) is 0. The Bertz CT molecular complexity index is 934. The third-order valence-corrected chi connectivity index (χ3v) is 6.55. The van der Waals surface area contributed by atoms with Gasteiger partial charge >= 0.3 is 0 Å². The second kappa shape index (κ2) is 7.47. The summed E-state index contributed by atoms with van der Waals surface area (Å²) in [6.07, 6.45) is 3.59. The number of hydrogen-bond acceptors (Lipinski definition) is 4. The maximum Gasteiger partial charge on any atom is 0.161 e. The zero-order chi connectivity index (χ0) is 21.7. The van der Waals surface area contributed by atoms with Crippen LogP contribution in [0.3, 0.4) is 0 Å². The highest BCUT2D eigenvalue weighted by Crippen LogP contribution is 2.51. The number of benzene rings is 1. The monoisotopic (exact) mass is 407 g/mol. The summed E-state index contributed by atoms with van der Waals surface area (Å²) in [5.41, 5.74) is 3.49. The molecule has 0 bridgehead atoms. The molecule has 1 aliphatic heterocycles. The fourth-order valence-corrected chi connectivity index (χ4v) is 5.36. The Morgan fingerprint density at radius 2 is 1.60 bits per heavy atom. The van der Waals surface area contributed by atoms with E-state index in [1.54, 1.807) is 0 Å². The molecule has 0 radical (unpaired) electrons. The summed E-state index contributed by atoms with van der Waals surface area (Å²) in [6.45, 7) is 11.3. The molecule has 30 heavy (non-hydrogen) atoms. The number of hydrogen-bond donors (Lipinski definition) is 0. The molecule has 1 aromatic rings. The molecule has 160 valence electrons. The van der Waals surface area contributed by atoms with Crippen molar-refractivity contribution in [1.29, 1.82) is 0 Å². The molecule has 0 N–H and O–H groups in total. The molecule has 0 aromatic heterocycles. The van der Waals surface area contributed by atoms with Crippen molar-refractivity contribution >= 4 is 17.3 Å². The van der Waals surface area contributed by atoms with Gasteiger partial charge in [-0.05, 0) is 47.8 Å². The number of aliphatic imine (C=N–C) groups is 1.